The van der Waals surface area contributed by atoms with Crippen LogP contribution in [0.1, 0.15) is 120 Å². The Morgan fingerprint density at radius 2 is 1.52 bits per heavy atom. The van der Waals surface area contributed by atoms with Gasteiger partial charge in [0.05, 0.1) is 23.0 Å². The normalized spacial score (nSPS) is 53.6. The van der Waals surface area contributed by atoms with E-state index < -0.39 is 64.7 Å². The summed E-state index contributed by atoms with van der Waals surface area (Å²) in [6.07, 6.45) is 5.64. The lowest BCUT2D eigenvalue weighted by Crippen LogP contribution is -2.68. The Morgan fingerprint density at radius 3 is 2.19 bits per heavy atom. The molecule has 15 atom stereocenters. The van der Waals surface area contributed by atoms with Crippen LogP contribution < -0.4 is 0 Å². The Hall–Kier alpha value is -1.52. The van der Waals surface area contributed by atoms with Crippen molar-refractivity contribution in [1.29, 1.82) is 0 Å². The highest BCUT2D eigenvalue weighted by molar-refractivity contribution is 5.84. The first kappa shape index (κ1) is 34.9. The number of fused-ring (bicyclic) bond motifs is 8. The quantitative estimate of drug-likeness (QED) is 0.218. The van der Waals surface area contributed by atoms with Gasteiger partial charge in [-0.2, -0.15) is 0 Å². The monoisotopic (exact) mass is 672 g/mol. The average molecular weight is 673 g/mol. The highest BCUT2D eigenvalue weighted by Crippen LogP contribution is 2.76. The van der Waals surface area contributed by atoms with E-state index in [1.807, 2.05) is 20.8 Å². The Bertz CT molecular complexity index is 1370. The first-order valence-corrected chi connectivity index (χ1v) is 18.8. The number of aliphatic hydroxyl groups is 1. The van der Waals surface area contributed by atoms with Crippen molar-refractivity contribution in [2.75, 3.05) is 0 Å². The molecule has 0 aromatic carbocycles. The molecule has 48 heavy (non-hydrogen) atoms. The van der Waals surface area contributed by atoms with Crippen molar-refractivity contribution in [3.63, 3.8) is 0 Å². The van der Waals surface area contributed by atoms with Crippen molar-refractivity contribution >= 4 is 11.9 Å². The summed E-state index contributed by atoms with van der Waals surface area (Å²) in [5.41, 5.74) is -1.86. The second-order valence-corrected chi connectivity index (χ2v) is 18.7. The molecule has 0 aromatic rings. The number of ether oxygens (including phenoxy) is 4. The van der Waals surface area contributed by atoms with E-state index in [2.05, 4.69) is 47.6 Å². The molecule has 2 aliphatic heterocycles. The van der Waals surface area contributed by atoms with E-state index in [1.165, 1.54) is 0 Å². The smallest absolute Gasteiger partial charge is 0.314 e. The lowest BCUT2D eigenvalue weighted by atomic mass is 9.33. The van der Waals surface area contributed by atoms with Crippen LogP contribution >= 0.6 is 0 Å². The molecule has 0 amide bonds. The summed E-state index contributed by atoms with van der Waals surface area (Å²) >= 11 is 0. The van der Waals surface area contributed by atoms with Crippen LogP contribution in [0.4, 0.5) is 0 Å². The van der Waals surface area contributed by atoms with E-state index >= 15 is 0 Å². The zero-order valence-corrected chi connectivity index (χ0v) is 30.6. The van der Waals surface area contributed by atoms with E-state index in [1.54, 1.807) is 0 Å². The second kappa shape index (κ2) is 11.0. The van der Waals surface area contributed by atoms with Gasteiger partial charge < -0.3 is 34.3 Å². The summed E-state index contributed by atoms with van der Waals surface area (Å²) in [7, 11) is 0. The molecule has 0 bridgehead atoms. The first-order valence-electron chi connectivity index (χ1n) is 18.8. The van der Waals surface area contributed by atoms with Crippen LogP contribution in [0.25, 0.3) is 0 Å². The molecule has 9 nitrogen and oxygen atoms in total. The minimum Gasteiger partial charge on any atom is -0.481 e. The minimum absolute atomic E-state index is 0.112. The molecule has 3 N–H and O–H groups in total. The van der Waals surface area contributed by atoms with Crippen LogP contribution in [0.3, 0.4) is 0 Å². The van der Waals surface area contributed by atoms with Gasteiger partial charge in [0.25, 0.3) is 0 Å². The number of rotatable bonds is 4. The fraction of sp³-hybridized carbons (Fsp3) is 0.897. The summed E-state index contributed by atoms with van der Waals surface area (Å²) in [4.78, 5) is 27.0. The molecule has 7 aliphatic rings. The zero-order chi connectivity index (χ0) is 35.0. The molecular weight excluding hydrogens is 612 g/mol. The van der Waals surface area contributed by atoms with Gasteiger partial charge in [0, 0.05) is 0 Å². The van der Waals surface area contributed by atoms with Crippen molar-refractivity contribution in [3.05, 3.63) is 11.6 Å². The standard InChI is InChI=1S/C39H60O9/c1-20-12-17-38(32(41)42)18-19-39(33(43)44)23(27(38)21(20)2)10-11-25-36(8)15-14-26(34(4,5)24(36)13-16-37(25,39)9)46-31-30-29(28(40)22(3)45-31)47-35(6,7)48-30/h10,20-22,24-31,40H,11-19H2,1-9H3,(H,41,42)(H,43,44)/t20-,21-,22+,24?,25?,26-,27?,28+,29+,30+,31-,36-,37+,38-,39-/m0/s1. The molecule has 5 aliphatic carbocycles. The number of aliphatic hydroxyl groups excluding tert-OH is 1. The molecule has 9 heteroatoms. The van der Waals surface area contributed by atoms with Crippen LogP contribution in [0, 0.1) is 56.7 Å². The van der Waals surface area contributed by atoms with Gasteiger partial charge in [0.1, 0.15) is 18.3 Å². The van der Waals surface area contributed by atoms with Gasteiger partial charge in [-0.1, -0.05) is 53.2 Å². The fourth-order valence-electron chi connectivity index (χ4n) is 13.4. The topological polar surface area (TPSA) is 132 Å². The van der Waals surface area contributed by atoms with E-state index in [0.717, 1.165) is 44.1 Å². The number of hydrogen-bond donors (Lipinski definition) is 3. The Balaban J connectivity index is 1.21. The van der Waals surface area contributed by atoms with Crippen LogP contribution in [-0.4, -0.2) is 69.9 Å². The fourth-order valence-corrected chi connectivity index (χ4v) is 13.4. The largest absolute Gasteiger partial charge is 0.481 e. The minimum atomic E-state index is -1.06. The summed E-state index contributed by atoms with van der Waals surface area (Å²) in [5, 5.41) is 32.9. The van der Waals surface area contributed by atoms with Crippen LogP contribution in [0.5, 0.6) is 0 Å². The number of carbonyl (C=O) groups is 2. The second-order valence-electron chi connectivity index (χ2n) is 18.7. The van der Waals surface area contributed by atoms with Gasteiger partial charge in [-0.3, -0.25) is 9.59 Å². The SMILES string of the molecule is C[C@@H]1C2C3=CCC4[C@@]5(C)CC[C@H](O[C@@H]6O[C@H](C)[C@@H](O)[C@H]7OC(C)(C)O[C@@H]67)C(C)(C)C5CC[C@@]4(C)[C@@]3(C(=O)O)CC[C@@]2(C(=O)O)CC[C@@H]1C. The van der Waals surface area contributed by atoms with E-state index in [0.29, 0.717) is 25.2 Å². The molecule has 2 saturated heterocycles. The summed E-state index contributed by atoms with van der Waals surface area (Å²) < 4.78 is 25.5. The molecule has 6 fully saturated rings. The van der Waals surface area contributed by atoms with Crippen molar-refractivity contribution in [2.45, 2.75) is 163 Å². The Kier molecular flexibility index (Phi) is 7.99. The lowest BCUT2D eigenvalue weighted by Gasteiger charge is -2.70. The zero-order valence-electron chi connectivity index (χ0n) is 30.6. The highest BCUT2D eigenvalue weighted by atomic mass is 16.8. The maximum Gasteiger partial charge on any atom is 0.314 e. The number of carboxylic acids is 2. The van der Waals surface area contributed by atoms with Crippen molar-refractivity contribution in [1.82, 2.24) is 0 Å². The van der Waals surface area contributed by atoms with Gasteiger partial charge in [-0.25, -0.2) is 0 Å². The van der Waals surface area contributed by atoms with Crippen LogP contribution in [0.15, 0.2) is 11.6 Å². The molecule has 3 unspecified atom stereocenters. The van der Waals surface area contributed by atoms with Gasteiger partial charge in [0.2, 0.25) is 0 Å². The molecule has 0 spiro atoms. The molecule has 0 radical (unpaired) electrons. The molecule has 4 saturated carbocycles. The maximum absolute atomic E-state index is 13.9. The summed E-state index contributed by atoms with van der Waals surface area (Å²) in [6, 6.07) is 0. The predicted octanol–water partition coefficient (Wildman–Crippen LogP) is 6.80. The summed E-state index contributed by atoms with van der Waals surface area (Å²) in [6.45, 7) is 19.2. The maximum atomic E-state index is 13.9. The number of allylic oxidation sites excluding steroid dienone is 1. The van der Waals surface area contributed by atoms with Gasteiger partial charge >= 0.3 is 11.9 Å². The lowest BCUT2D eigenvalue weighted by molar-refractivity contribution is -0.310. The van der Waals surface area contributed by atoms with Gasteiger partial charge in [0.15, 0.2) is 12.1 Å². The Morgan fingerprint density at radius 1 is 0.833 bits per heavy atom. The molecule has 7 rings (SSSR count). The van der Waals surface area contributed by atoms with Crippen molar-refractivity contribution in [3.8, 4) is 0 Å². The summed E-state index contributed by atoms with van der Waals surface area (Å²) in [5.74, 6) is -1.69. The first-order chi connectivity index (χ1) is 22.3. The number of aliphatic carboxylic acids is 2. The predicted molar refractivity (Wildman–Crippen MR) is 178 cm³/mol. The van der Waals surface area contributed by atoms with Crippen LogP contribution in [-0.2, 0) is 28.5 Å². The van der Waals surface area contributed by atoms with Crippen LogP contribution in [0.2, 0.25) is 0 Å². The van der Waals surface area contributed by atoms with E-state index in [-0.39, 0.29) is 40.6 Å². The molecule has 270 valence electrons. The average Bonchev–Trinajstić information content (AvgIpc) is 3.33. The highest BCUT2D eigenvalue weighted by Gasteiger charge is 2.73. The number of hydrogen-bond acceptors (Lipinski definition) is 7. The Labute approximate surface area is 286 Å². The molecule has 2 heterocycles. The van der Waals surface area contributed by atoms with E-state index in [9.17, 15) is 24.9 Å². The third-order valence-corrected chi connectivity index (χ3v) is 16.1. The third-order valence-electron chi connectivity index (χ3n) is 16.1. The van der Waals surface area contributed by atoms with E-state index in [4.69, 9.17) is 18.9 Å². The van der Waals surface area contributed by atoms with Crippen molar-refractivity contribution < 1.29 is 43.9 Å². The van der Waals surface area contributed by atoms with Crippen molar-refractivity contribution in [2.24, 2.45) is 56.7 Å². The molecule has 0 aromatic heterocycles. The van der Waals surface area contributed by atoms with Gasteiger partial charge in [-0.15, -0.1) is 0 Å². The third kappa shape index (κ3) is 4.45. The number of carboxylic acid groups (broad SMARTS) is 2. The van der Waals surface area contributed by atoms with Gasteiger partial charge in [-0.05, 0) is 124 Å². The molecular formula is C39H60O9.